The molecule has 1 amide bonds. The minimum atomic E-state index is -0.764. The van der Waals surface area contributed by atoms with E-state index >= 15 is 0 Å². The lowest BCUT2D eigenvalue weighted by Gasteiger charge is -2.33. The SMILES string of the molecule is COCCC(=O)N1CC[C@@](O)(CN2CCOCC2)C1. The molecular weight excluding hydrogens is 248 g/mol. The van der Waals surface area contributed by atoms with E-state index in [0.29, 0.717) is 39.1 Å². The summed E-state index contributed by atoms with van der Waals surface area (Å²) in [5.41, 5.74) is -0.764. The molecule has 6 heteroatoms. The summed E-state index contributed by atoms with van der Waals surface area (Å²) in [6, 6.07) is 0. The Labute approximate surface area is 114 Å². The molecule has 0 unspecified atom stereocenters. The van der Waals surface area contributed by atoms with E-state index < -0.39 is 5.60 Å². The van der Waals surface area contributed by atoms with E-state index in [1.165, 1.54) is 0 Å². The van der Waals surface area contributed by atoms with Gasteiger partial charge in [0, 0.05) is 33.3 Å². The maximum Gasteiger partial charge on any atom is 0.224 e. The van der Waals surface area contributed by atoms with Gasteiger partial charge in [-0.1, -0.05) is 0 Å². The number of ether oxygens (including phenoxy) is 2. The van der Waals surface area contributed by atoms with E-state index in [4.69, 9.17) is 9.47 Å². The van der Waals surface area contributed by atoms with E-state index in [1.807, 2.05) is 0 Å². The first-order valence-corrected chi connectivity index (χ1v) is 6.92. The molecule has 2 fully saturated rings. The molecule has 110 valence electrons. The molecule has 0 aromatic carbocycles. The average Bonchev–Trinajstić information content (AvgIpc) is 2.79. The molecule has 1 atom stereocenters. The van der Waals surface area contributed by atoms with Gasteiger partial charge in [-0.15, -0.1) is 0 Å². The zero-order valence-corrected chi connectivity index (χ0v) is 11.6. The third-order valence-electron chi connectivity index (χ3n) is 3.83. The van der Waals surface area contributed by atoms with Crippen LogP contribution in [0.25, 0.3) is 0 Å². The van der Waals surface area contributed by atoms with Gasteiger partial charge in [0.05, 0.1) is 38.4 Å². The maximum absolute atomic E-state index is 11.9. The average molecular weight is 272 g/mol. The number of likely N-dealkylation sites (tertiary alicyclic amines) is 1. The molecule has 0 aliphatic carbocycles. The van der Waals surface area contributed by atoms with Gasteiger partial charge < -0.3 is 19.5 Å². The van der Waals surface area contributed by atoms with Crippen LogP contribution in [0.4, 0.5) is 0 Å². The second kappa shape index (κ2) is 6.65. The van der Waals surface area contributed by atoms with Crippen molar-refractivity contribution in [3.8, 4) is 0 Å². The number of morpholine rings is 1. The molecule has 2 heterocycles. The standard InChI is InChI=1S/C13H24N2O4/c1-18-7-2-12(16)15-4-3-13(17,11-15)10-14-5-8-19-9-6-14/h17H,2-11H2,1H3/t13-/m1/s1. The number of β-amino-alcohol motifs (C(OH)–C–C–N with tert-alkyl or cyclic N) is 1. The molecule has 0 radical (unpaired) electrons. The second-order valence-electron chi connectivity index (χ2n) is 5.42. The van der Waals surface area contributed by atoms with Crippen LogP contribution in [0.5, 0.6) is 0 Å². The van der Waals surface area contributed by atoms with E-state index in [0.717, 1.165) is 26.3 Å². The van der Waals surface area contributed by atoms with Crippen LogP contribution in [0.15, 0.2) is 0 Å². The lowest BCUT2D eigenvalue weighted by molar-refractivity contribution is -0.132. The van der Waals surface area contributed by atoms with Crippen LogP contribution in [0.3, 0.4) is 0 Å². The minimum Gasteiger partial charge on any atom is -0.387 e. The fraction of sp³-hybridized carbons (Fsp3) is 0.923. The minimum absolute atomic E-state index is 0.0692. The zero-order chi connectivity index (χ0) is 13.7. The number of hydrogen-bond donors (Lipinski definition) is 1. The molecule has 1 N–H and O–H groups in total. The molecule has 0 saturated carbocycles. The summed E-state index contributed by atoms with van der Waals surface area (Å²) < 4.78 is 10.2. The van der Waals surface area contributed by atoms with Gasteiger partial charge in [0.15, 0.2) is 0 Å². The highest BCUT2D eigenvalue weighted by Gasteiger charge is 2.39. The number of aliphatic hydroxyl groups is 1. The fourth-order valence-electron chi connectivity index (χ4n) is 2.72. The summed E-state index contributed by atoms with van der Waals surface area (Å²) in [7, 11) is 1.59. The smallest absolute Gasteiger partial charge is 0.224 e. The van der Waals surface area contributed by atoms with Gasteiger partial charge in [-0.25, -0.2) is 0 Å². The van der Waals surface area contributed by atoms with Crippen molar-refractivity contribution < 1.29 is 19.4 Å². The Morgan fingerprint density at radius 2 is 2.11 bits per heavy atom. The van der Waals surface area contributed by atoms with Crippen LogP contribution in [0.2, 0.25) is 0 Å². The Hall–Kier alpha value is -0.690. The second-order valence-corrected chi connectivity index (χ2v) is 5.42. The van der Waals surface area contributed by atoms with E-state index in [2.05, 4.69) is 4.90 Å². The highest BCUT2D eigenvalue weighted by Crippen LogP contribution is 2.23. The van der Waals surface area contributed by atoms with Gasteiger partial charge in [-0.3, -0.25) is 9.69 Å². The van der Waals surface area contributed by atoms with Crippen molar-refractivity contribution in [2.45, 2.75) is 18.4 Å². The number of amides is 1. The van der Waals surface area contributed by atoms with E-state index in [-0.39, 0.29) is 5.91 Å². The summed E-state index contributed by atoms with van der Waals surface area (Å²) >= 11 is 0. The van der Waals surface area contributed by atoms with Crippen LogP contribution in [0, 0.1) is 0 Å². The zero-order valence-electron chi connectivity index (χ0n) is 11.6. The third-order valence-corrected chi connectivity index (χ3v) is 3.83. The van der Waals surface area contributed by atoms with Gasteiger partial charge >= 0.3 is 0 Å². The predicted octanol–water partition coefficient (Wildman–Crippen LogP) is -0.681. The maximum atomic E-state index is 11.9. The van der Waals surface area contributed by atoms with Crippen LogP contribution in [-0.2, 0) is 14.3 Å². The lowest BCUT2D eigenvalue weighted by Crippen LogP contribution is -2.49. The van der Waals surface area contributed by atoms with Gasteiger partial charge in [0.1, 0.15) is 0 Å². The number of hydrogen-bond acceptors (Lipinski definition) is 5. The molecule has 2 rings (SSSR count). The van der Waals surface area contributed by atoms with Crippen molar-refractivity contribution >= 4 is 5.91 Å². The Morgan fingerprint density at radius 1 is 1.37 bits per heavy atom. The quantitative estimate of drug-likeness (QED) is 0.718. The fourth-order valence-corrected chi connectivity index (χ4v) is 2.72. The summed E-state index contributed by atoms with van der Waals surface area (Å²) in [5, 5.41) is 10.6. The summed E-state index contributed by atoms with van der Waals surface area (Å²) in [4.78, 5) is 15.8. The monoisotopic (exact) mass is 272 g/mol. The van der Waals surface area contributed by atoms with Gasteiger partial charge in [-0.2, -0.15) is 0 Å². The first-order valence-electron chi connectivity index (χ1n) is 6.92. The highest BCUT2D eigenvalue weighted by atomic mass is 16.5. The molecule has 2 aliphatic heterocycles. The Kier molecular flexibility index (Phi) is 5.15. The molecule has 2 aliphatic rings. The van der Waals surface area contributed by atoms with Gasteiger partial charge in [0.25, 0.3) is 0 Å². The first-order chi connectivity index (χ1) is 9.13. The number of methoxy groups -OCH3 is 1. The van der Waals surface area contributed by atoms with Crippen molar-refractivity contribution in [3.63, 3.8) is 0 Å². The van der Waals surface area contributed by atoms with Crippen LogP contribution in [-0.4, -0.2) is 86.1 Å². The largest absolute Gasteiger partial charge is 0.387 e. The normalized spacial score (nSPS) is 28.8. The van der Waals surface area contributed by atoms with Crippen LogP contribution < -0.4 is 0 Å². The van der Waals surface area contributed by atoms with Crippen molar-refractivity contribution in [2.24, 2.45) is 0 Å². The number of rotatable bonds is 5. The Balaban J connectivity index is 1.80. The summed E-state index contributed by atoms with van der Waals surface area (Å²) in [5.74, 6) is 0.0692. The molecule has 0 bridgehead atoms. The van der Waals surface area contributed by atoms with Crippen molar-refractivity contribution in [1.29, 1.82) is 0 Å². The predicted molar refractivity (Wildman–Crippen MR) is 69.9 cm³/mol. The third kappa shape index (κ3) is 4.14. The first kappa shape index (κ1) is 14.7. The topological polar surface area (TPSA) is 62.2 Å². The van der Waals surface area contributed by atoms with Crippen LogP contribution >= 0.6 is 0 Å². The molecule has 6 nitrogen and oxygen atoms in total. The van der Waals surface area contributed by atoms with Crippen molar-refractivity contribution in [3.05, 3.63) is 0 Å². The molecule has 19 heavy (non-hydrogen) atoms. The lowest BCUT2D eigenvalue weighted by atomic mass is 10.0. The molecule has 0 aromatic heterocycles. The van der Waals surface area contributed by atoms with E-state index in [1.54, 1.807) is 12.0 Å². The van der Waals surface area contributed by atoms with Crippen LogP contribution in [0.1, 0.15) is 12.8 Å². The summed E-state index contributed by atoms with van der Waals surface area (Å²) in [6.45, 7) is 5.33. The molecule has 0 spiro atoms. The number of carbonyl (C=O) groups is 1. The Bertz CT molecular complexity index is 307. The van der Waals surface area contributed by atoms with Gasteiger partial charge in [-0.05, 0) is 6.42 Å². The molecule has 2 saturated heterocycles. The summed E-state index contributed by atoms with van der Waals surface area (Å²) in [6.07, 6.45) is 1.05. The van der Waals surface area contributed by atoms with Gasteiger partial charge in [0.2, 0.25) is 5.91 Å². The van der Waals surface area contributed by atoms with Crippen molar-refractivity contribution in [2.75, 3.05) is 59.7 Å². The Morgan fingerprint density at radius 3 is 2.79 bits per heavy atom. The van der Waals surface area contributed by atoms with E-state index in [9.17, 15) is 9.90 Å². The highest BCUT2D eigenvalue weighted by molar-refractivity contribution is 5.76. The number of carbonyl (C=O) groups excluding carboxylic acids is 1. The molecule has 0 aromatic rings. The molecular formula is C13H24N2O4. The number of nitrogens with zero attached hydrogens (tertiary/aromatic N) is 2. The van der Waals surface area contributed by atoms with Crippen molar-refractivity contribution in [1.82, 2.24) is 9.80 Å².